The van der Waals surface area contributed by atoms with E-state index < -0.39 is 0 Å². The predicted octanol–water partition coefficient (Wildman–Crippen LogP) is 7.68. The number of rotatable bonds is 2. The molecule has 0 aromatic heterocycles. The number of hydrogen-bond acceptors (Lipinski definition) is 1. The van der Waals surface area contributed by atoms with Gasteiger partial charge in [0, 0.05) is 33.8 Å². The summed E-state index contributed by atoms with van der Waals surface area (Å²) in [5.74, 6) is 0. The summed E-state index contributed by atoms with van der Waals surface area (Å²) >= 11 is 1.90. The number of fused-ring (bicyclic) bond motifs is 1. The summed E-state index contributed by atoms with van der Waals surface area (Å²) < 4.78 is 2.63. The molecule has 3 heterocycles. The second-order valence-corrected chi connectivity index (χ2v) is 14.7. The van der Waals surface area contributed by atoms with Crippen molar-refractivity contribution in [3.05, 3.63) is 111 Å². The first kappa shape index (κ1) is 26.4. The average molecular weight is 533 g/mol. The zero-order chi connectivity index (χ0) is 27.4. The Balaban J connectivity index is 1.47. The third-order valence-electron chi connectivity index (χ3n) is 8.51. The van der Waals surface area contributed by atoms with Gasteiger partial charge in [0.15, 0.2) is 0 Å². The van der Waals surface area contributed by atoms with Crippen LogP contribution in [0.2, 0.25) is 0 Å². The summed E-state index contributed by atoms with van der Waals surface area (Å²) in [4.78, 5) is 2.67. The second-order valence-electron chi connectivity index (χ2n) is 13.6. The van der Waals surface area contributed by atoms with Crippen LogP contribution >= 0.6 is 11.8 Å². The summed E-state index contributed by atoms with van der Waals surface area (Å²) in [6.07, 6.45) is 12.1. The minimum absolute atomic E-state index is 0.119. The molecule has 200 valence electrons. The highest BCUT2D eigenvalue weighted by molar-refractivity contribution is 8.08. The Hall–Kier alpha value is -2.84. The molecule has 0 saturated carbocycles. The van der Waals surface area contributed by atoms with Crippen LogP contribution in [0.15, 0.2) is 71.6 Å². The van der Waals surface area contributed by atoms with Gasteiger partial charge in [0.25, 0.3) is 0 Å². The van der Waals surface area contributed by atoms with Crippen LogP contribution in [-0.4, -0.2) is 13.1 Å². The fraction of sp³-hybridized carbons (Fsp3) is 0.378. The van der Waals surface area contributed by atoms with Crippen molar-refractivity contribution in [3.63, 3.8) is 0 Å². The molecular formula is C37H42NS+. The van der Waals surface area contributed by atoms with Gasteiger partial charge >= 0.3 is 0 Å². The Labute approximate surface area is 239 Å². The highest BCUT2D eigenvalue weighted by Gasteiger charge is 2.24. The molecule has 0 fully saturated rings. The number of aryl methyl sites for hydroxylation is 2. The van der Waals surface area contributed by atoms with E-state index in [0.717, 1.165) is 0 Å². The van der Waals surface area contributed by atoms with E-state index in [-0.39, 0.29) is 10.8 Å². The first-order valence-corrected chi connectivity index (χ1v) is 15.5. The van der Waals surface area contributed by atoms with E-state index in [1.54, 1.807) is 16.5 Å². The Morgan fingerprint density at radius 1 is 0.718 bits per heavy atom. The fourth-order valence-electron chi connectivity index (χ4n) is 6.21. The van der Waals surface area contributed by atoms with Crippen LogP contribution in [-0.2, 0) is 23.7 Å². The predicted molar refractivity (Wildman–Crippen MR) is 170 cm³/mol. The number of benzene rings is 3. The minimum Gasteiger partial charge on any atom is -0.229 e. The molecule has 0 N–H and O–H groups in total. The molecule has 0 amide bonds. The maximum atomic E-state index is 2.63. The lowest BCUT2D eigenvalue weighted by Crippen LogP contribution is -2.44. The van der Waals surface area contributed by atoms with Gasteiger partial charge in [0.2, 0.25) is 5.36 Å². The molecule has 3 aliphatic rings. The molecule has 0 unspecified atom stereocenters. The summed E-state index contributed by atoms with van der Waals surface area (Å²) in [6.45, 7) is 16.2. The standard InChI is InChI=1S/C37H42NS/c1-36(2,3)30-15-13-26(14-16-30)34-23-27(32-24-31(37(4,5)6)17-18-33(32)39-34)12-11-25-21-28-9-7-19-38-20-8-10-29(22-25)35(28)38/h11-18,21-24H,7-10,19-20H2,1-6H3/q+1/b27-12+. The van der Waals surface area contributed by atoms with Crippen LogP contribution in [0.25, 0.3) is 16.6 Å². The van der Waals surface area contributed by atoms with E-state index in [1.807, 2.05) is 11.8 Å². The van der Waals surface area contributed by atoms with Gasteiger partial charge in [-0.05, 0) is 87.1 Å². The smallest absolute Gasteiger partial charge is 0.206 e. The van der Waals surface area contributed by atoms with Crippen LogP contribution in [0.3, 0.4) is 0 Å². The molecule has 3 aromatic carbocycles. The van der Waals surface area contributed by atoms with Gasteiger partial charge in [0.05, 0.1) is 0 Å². The van der Waals surface area contributed by atoms with Gasteiger partial charge in [-0.25, -0.2) is 4.58 Å². The summed E-state index contributed by atoms with van der Waals surface area (Å²) in [5.41, 5.74) is 10.1. The van der Waals surface area contributed by atoms with Crippen LogP contribution in [0.4, 0.5) is 0 Å². The van der Waals surface area contributed by atoms with Crippen molar-refractivity contribution in [2.45, 2.75) is 83.0 Å². The van der Waals surface area contributed by atoms with Crippen molar-refractivity contribution >= 4 is 28.3 Å². The van der Waals surface area contributed by atoms with Crippen molar-refractivity contribution in [2.24, 2.45) is 0 Å². The van der Waals surface area contributed by atoms with E-state index in [2.05, 4.69) is 119 Å². The van der Waals surface area contributed by atoms with Gasteiger partial charge in [-0.2, -0.15) is 0 Å². The van der Waals surface area contributed by atoms with Crippen LogP contribution < -0.4 is 15.2 Å². The number of nitrogens with zero attached hydrogens (tertiary/aromatic N) is 1. The van der Waals surface area contributed by atoms with E-state index in [0.29, 0.717) is 0 Å². The van der Waals surface area contributed by atoms with Crippen LogP contribution in [0.5, 0.6) is 0 Å². The normalized spacial score (nSPS) is 17.9. The topological polar surface area (TPSA) is 3.01 Å². The zero-order valence-corrected chi connectivity index (χ0v) is 25.3. The molecule has 3 aromatic rings. The average Bonchev–Trinajstić information content (AvgIpc) is 2.90. The fourth-order valence-corrected chi connectivity index (χ4v) is 7.30. The molecule has 0 aliphatic carbocycles. The Morgan fingerprint density at radius 3 is 1.95 bits per heavy atom. The van der Waals surface area contributed by atoms with E-state index in [4.69, 9.17) is 0 Å². The lowest BCUT2D eigenvalue weighted by molar-refractivity contribution is 0.480. The van der Waals surface area contributed by atoms with E-state index in [9.17, 15) is 0 Å². The molecule has 0 bridgehead atoms. The van der Waals surface area contributed by atoms with Gasteiger partial charge in [-0.3, -0.25) is 0 Å². The van der Waals surface area contributed by atoms with Crippen molar-refractivity contribution in [1.29, 1.82) is 0 Å². The van der Waals surface area contributed by atoms with E-state index >= 15 is 0 Å². The monoisotopic (exact) mass is 532 g/mol. The number of hydrogen-bond donors (Lipinski definition) is 0. The summed E-state index contributed by atoms with van der Waals surface area (Å²) in [7, 11) is 0. The first-order valence-electron chi connectivity index (χ1n) is 14.7. The SMILES string of the molecule is CC(C)(C)c1ccc(C2=C/C(=C\C=c3cc4c5c(c3)CCC[N+]=5CCC4)c3cc(C(C)(C)C)ccc3S2)cc1. The molecular weight excluding hydrogens is 490 g/mol. The van der Waals surface area contributed by atoms with Gasteiger partial charge in [-0.1, -0.05) is 95.8 Å². The molecule has 0 radical (unpaired) electrons. The molecule has 0 atom stereocenters. The Morgan fingerprint density at radius 2 is 1.33 bits per heavy atom. The summed E-state index contributed by atoms with van der Waals surface area (Å²) in [5, 5.41) is 2.89. The van der Waals surface area contributed by atoms with Crippen molar-refractivity contribution in [2.75, 3.05) is 13.1 Å². The molecule has 0 saturated heterocycles. The molecule has 1 nitrogen and oxygen atoms in total. The third-order valence-corrected chi connectivity index (χ3v) is 9.66. The van der Waals surface area contributed by atoms with E-state index in [1.165, 1.54) is 81.6 Å². The maximum Gasteiger partial charge on any atom is 0.206 e. The second kappa shape index (κ2) is 9.97. The van der Waals surface area contributed by atoms with Crippen molar-refractivity contribution in [1.82, 2.24) is 4.58 Å². The van der Waals surface area contributed by atoms with Crippen LogP contribution in [0, 0.1) is 0 Å². The largest absolute Gasteiger partial charge is 0.229 e. The number of thioether (sulfide) groups is 1. The van der Waals surface area contributed by atoms with Gasteiger partial charge in [0.1, 0.15) is 13.1 Å². The highest BCUT2D eigenvalue weighted by Crippen LogP contribution is 2.46. The van der Waals surface area contributed by atoms with Gasteiger partial charge < -0.3 is 0 Å². The third kappa shape index (κ3) is 5.33. The Kier molecular flexibility index (Phi) is 6.74. The lowest BCUT2D eigenvalue weighted by Gasteiger charge is -2.25. The molecule has 3 aliphatic heterocycles. The zero-order valence-electron chi connectivity index (χ0n) is 24.5. The summed E-state index contributed by atoms with van der Waals surface area (Å²) in [6, 6.07) is 21.2. The maximum absolute atomic E-state index is 2.63. The quantitative estimate of drug-likeness (QED) is 0.306. The molecule has 39 heavy (non-hydrogen) atoms. The highest BCUT2D eigenvalue weighted by atomic mass is 32.2. The lowest BCUT2D eigenvalue weighted by atomic mass is 9.85. The van der Waals surface area contributed by atoms with Gasteiger partial charge in [-0.15, -0.1) is 0 Å². The van der Waals surface area contributed by atoms with Crippen molar-refractivity contribution < 1.29 is 0 Å². The molecule has 6 rings (SSSR count). The van der Waals surface area contributed by atoms with Crippen molar-refractivity contribution in [3.8, 4) is 0 Å². The molecule has 2 heteroatoms. The van der Waals surface area contributed by atoms with Crippen LogP contribution in [0.1, 0.15) is 87.8 Å². The number of allylic oxidation sites excluding steroid dienone is 3. The molecule has 0 spiro atoms. The minimum atomic E-state index is 0.119. The first-order chi connectivity index (χ1) is 18.6. The Bertz CT molecular complexity index is 1580.